The normalized spacial score (nSPS) is 13.8. The summed E-state index contributed by atoms with van der Waals surface area (Å²) in [6.45, 7) is 6.17. The van der Waals surface area contributed by atoms with Gasteiger partial charge in [0.15, 0.2) is 6.29 Å². The van der Waals surface area contributed by atoms with Crippen LogP contribution in [0.25, 0.3) is 22.2 Å². The number of nitrogens with one attached hydrogen (secondary N) is 1. The predicted octanol–water partition coefficient (Wildman–Crippen LogP) is 6.20. The molecule has 0 aliphatic heterocycles. The number of benzene rings is 2. The highest BCUT2D eigenvalue weighted by Crippen LogP contribution is 2.43. The quantitative estimate of drug-likeness (QED) is 0.462. The first-order chi connectivity index (χ1) is 15.0. The lowest BCUT2D eigenvalue weighted by atomic mass is 9.92. The van der Waals surface area contributed by atoms with Crippen LogP contribution in [0.2, 0.25) is 0 Å². The van der Waals surface area contributed by atoms with E-state index < -0.39 is 6.09 Å². The molecule has 4 rings (SSSR count). The topological polar surface area (TPSA) is 69.6 Å². The number of nitrogens with zero attached hydrogens (tertiary/aromatic N) is 1. The number of fused-ring (bicyclic) bond motifs is 1. The Bertz CT molecular complexity index is 1090. The minimum atomic E-state index is -0.483. The van der Waals surface area contributed by atoms with Gasteiger partial charge in [-0.05, 0) is 69.9 Å². The summed E-state index contributed by atoms with van der Waals surface area (Å²) < 4.78 is 13.1. The molecular weight excluding hydrogens is 392 g/mol. The molecule has 1 amide bonds. The van der Waals surface area contributed by atoms with Gasteiger partial charge in [-0.15, -0.1) is 0 Å². The Morgan fingerprint density at radius 3 is 2.52 bits per heavy atom. The SMILES string of the molecule is CCOc1ccc2c(C=O)c(-c3ccc(NC(=O)OC(C)C)cc3)n(C3CCC3)c2c1. The van der Waals surface area contributed by atoms with Crippen LogP contribution < -0.4 is 10.1 Å². The maximum Gasteiger partial charge on any atom is 0.411 e. The minimum absolute atomic E-state index is 0.186. The molecule has 0 unspecified atom stereocenters. The number of anilines is 1. The van der Waals surface area contributed by atoms with E-state index in [0.717, 1.165) is 47.0 Å². The lowest BCUT2D eigenvalue weighted by molar-refractivity contribution is 0.112. The van der Waals surface area contributed by atoms with Crippen LogP contribution in [0, 0.1) is 0 Å². The molecule has 1 heterocycles. The monoisotopic (exact) mass is 420 g/mol. The second-order valence-corrected chi connectivity index (χ2v) is 8.10. The van der Waals surface area contributed by atoms with Crippen LogP contribution in [0.5, 0.6) is 5.75 Å². The summed E-state index contributed by atoms with van der Waals surface area (Å²) in [4.78, 5) is 24.0. The fourth-order valence-electron chi connectivity index (χ4n) is 4.08. The molecule has 1 aliphatic rings. The first-order valence-corrected chi connectivity index (χ1v) is 10.9. The van der Waals surface area contributed by atoms with Crippen molar-refractivity contribution >= 4 is 29.0 Å². The maximum atomic E-state index is 12.2. The van der Waals surface area contributed by atoms with Crippen molar-refractivity contribution in [1.29, 1.82) is 0 Å². The Kier molecular flexibility index (Phi) is 5.98. The van der Waals surface area contributed by atoms with Crippen molar-refractivity contribution in [2.75, 3.05) is 11.9 Å². The number of hydrogen-bond acceptors (Lipinski definition) is 4. The van der Waals surface area contributed by atoms with E-state index in [2.05, 4.69) is 9.88 Å². The molecule has 0 saturated heterocycles. The first-order valence-electron chi connectivity index (χ1n) is 10.9. The maximum absolute atomic E-state index is 12.2. The van der Waals surface area contributed by atoms with Crippen LogP contribution >= 0.6 is 0 Å². The zero-order chi connectivity index (χ0) is 22.0. The summed E-state index contributed by atoms with van der Waals surface area (Å²) in [5, 5.41) is 3.67. The number of aromatic nitrogens is 1. The lowest BCUT2D eigenvalue weighted by Gasteiger charge is -2.30. The molecule has 6 nitrogen and oxygen atoms in total. The van der Waals surface area contributed by atoms with E-state index in [-0.39, 0.29) is 6.10 Å². The molecule has 2 aromatic carbocycles. The third-order valence-corrected chi connectivity index (χ3v) is 5.63. The van der Waals surface area contributed by atoms with Gasteiger partial charge in [0.2, 0.25) is 0 Å². The highest BCUT2D eigenvalue weighted by atomic mass is 16.6. The number of aldehydes is 1. The molecule has 0 atom stereocenters. The number of amides is 1. The molecular formula is C25H28N2O4. The fraction of sp³-hybridized carbons (Fsp3) is 0.360. The van der Waals surface area contributed by atoms with Gasteiger partial charge in [0.25, 0.3) is 0 Å². The van der Waals surface area contributed by atoms with Gasteiger partial charge in [-0.2, -0.15) is 0 Å². The average molecular weight is 421 g/mol. The van der Waals surface area contributed by atoms with Crippen molar-refractivity contribution < 1.29 is 19.1 Å². The lowest BCUT2D eigenvalue weighted by Crippen LogP contribution is -2.18. The fourth-order valence-corrected chi connectivity index (χ4v) is 4.08. The van der Waals surface area contributed by atoms with E-state index in [0.29, 0.717) is 23.9 Å². The molecule has 162 valence electrons. The van der Waals surface area contributed by atoms with Gasteiger partial charge in [0.05, 0.1) is 23.9 Å². The summed E-state index contributed by atoms with van der Waals surface area (Å²) in [6.07, 6.45) is 3.65. The summed E-state index contributed by atoms with van der Waals surface area (Å²) in [6, 6.07) is 13.8. The Morgan fingerprint density at radius 2 is 1.94 bits per heavy atom. The van der Waals surface area contributed by atoms with Crippen LogP contribution in [0.15, 0.2) is 42.5 Å². The summed E-state index contributed by atoms with van der Waals surface area (Å²) in [5.74, 6) is 0.806. The van der Waals surface area contributed by atoms with Crippen molar-refractivity contribution in [1.82, 2.24) is 4.57 Å². The standard InChI is InChI=1S/C25H28N2O4/c1-4-30-20-12-13-21-22(15-28)24(27(23(21)14-20)19-6-5-7-19)17-8-10-18(11-9-17)26-25(29)31-16(2)3/h8-16,19H,4-7H2,1-3H3,(H,26,29). The van der Waals surface area contributed by atoms with E-state index in [1.807, 2.05) is 49.4 Å². The molecule has 0 radical (unpaired) electrons. The molecule has 1 fully saturated rings. The molecule has 1 aliphatic carbocycles. The minimum Gasteiger partial charge on any atom is -0.494 e. The Balaban J connectivity index is 1.77. The van der Waals surface area contributed by atoms with Crippen LogP contribution in [0.1, 0.15) is 56.4 Å². The molecule has 0 spiro atoms. The zero-order valence-electron chi connectivity index (χ0n) is 18.2. The van der Waals surface area contributed by atoms with Crippen molar-refractivity contribution in [2.45, 2.75) is 52.2 Å². The van der Waals surface area contributed by atoms with Crippen molar-refractivity contribution in [3.63, 3.8) is 0 Å². The van der Waals surface area contributed by atoms with Gasteiger partial charge in [-0.25, -0.2) is 4.79 Å². The van der Waals surface area contributed by atoms with Gasteiger partial charge in [0, 0.05) is 28.7 Å². The van der Waals surface area contributed by atoms with Crippen LogP contribution in [-0.2, 0) is 4.74 Å². The zero-order valence-corrected chi connectivity index (χ0v) is 18.2. The van der Waals surface area contributed by atoms with Gasteiger partial charge < -0.3 is 14.0 Å². The molecule has 1 saturated carbocycles. The number of hydrogen-bond donors (Lipinski definition) is 1. The number of carbonyl (C=O) groups is 2. The van der Waals surface area contributed by atoms with Crippen LogP contribution in [0.3, 0.4) is 0 Å². The van der Waals surface area contributed by atoms with E-state index >= 15 is 0 Å². The number of rotatable bonds is 7. The average Bonchev–Trinajstić information content (AvgIpc) is 3.00. The highest BCUT2D eigenvalue weighted by molar-refractivity contribution is 6.05. The molecule has 6 heteroatoms. The number of carbonyl (C=O) groups excluding carboxylic acids is 2. The smallest absolute Gasteiger partial charge is 0.411 e. The van der Waals surface area contributed by atoms with Gasteiger partial charge in [-0.1, -0.05) is 12.1 Å². The molecule has 1 aromatic heterocycles. The third kappa shape index (κ3) is 4.15. The van der Waals surface area contributed by atoms with E-state index in [4.69, 9.17) is 9.47 Å². The van der Waals surface area contributed by atoms with E-state index in [1.165, 1.54) is 6.42 Å². The molecule has 3 aromatic rings. The second kappa shape index (κ2) is 8.84. The predicted molar refractivity (Wildman–Crippen MR) is 122 cm³/mol. The van der Waals surface area contributed by atoms with E-state index in [1.54, 1.807) is 13.8 Å². The van der Waals surface area contributed by atoms with E-state index in [9.17, 15) is 9.59 Å². The summed E-state index contributed by atoms with van der Waals surface area (Å²) >= 11 is 0. The van der Waals surface area contributed by atoms with Crippen molar-refractivity contribution in [2.24, 2.45) is 0 Å². The molecule has 0 bridgehead atoms. The van der Waals surface area contributed by atoms with Crippen molar-refractivity contribution in [3.8, 4) is 17.0 Å². The second-order valence-electron chi connectivity index (χ2n) is 8.10. The largest absolute Gasteiger partial charge is 0.494 e. The van der Waals surface area contributed by atoms with Gasteiger partial charge in [0.1, 0.15) is 5.75 Å². The first kappa shape index (κ1) is 21.0. The molecule has 1 N–H and O–H groups in total. The third-order valence-electron chi connectivity index (χ3n) is 5.63. The van der Waals surface area contributed by atoms with Crippen LogP contribution in [-0.4, -0.2) is 29.7 Å². The van der Waals surface area contributed by atoms with Crippen molar-refractivity contribution in [3.05, 3.63) is 48.0 Å². The van der Waals surface area contributed by atoms with Gasteiger partial charge in [-0.3, -0.25) is 10.1 Å². The Hall–Kier alpha value is -3.28. The summed E-state index contributed by atoms with van der Waals surface area (Å²) in [5.41, 5.74) is 4.21. The highest BCUT2D eigenvalue weighted by Gasteiger charge is 2.27. The Morgan fingerprint density at radius 1 is 1.19 bits per heavy atom. The Labute approximate surface area is 182 Å². The van der Waals surface area contributed by atoms with Crippen LogP contribution in [0.4, 0.5) is 10.5 Å². The molecule has 31 heavy (non-hydrogen) atoms. The number of ether oxygens (including phenoxy) is 2. The van der Waals surface area contributed by atoms with Gasteiger partial charge >= 0.3 is 6.09 Å². The summed E-state index contributed by atoms with van der Waals surface area (Å²) in [7, 11) is 0.